The van der Waals surface area contributed by atoms with Gasteiger partial charge in [-0.1, -0.05) is 13.8 Å². The van der Waals surface area contributed by atoms with Crippen LogP contribution in [0.3, 0.4) is 0 Å². The second kappa shape index (κ2) is 5.00. The molecule has 2 bridgehead atoms. The van der Waals surface area contributed by atoms with Crippen LogP contribution in [0.4, 0.5) is 0 Å². The van der Waals surface area contributed by atoms with Crippen LogP contribution in [0.2, 0.25) is 0 Å². The highest BCUT2D eigenvalue weighted by Crippen LogP contribution is 2.40. The molecule has 5 nitrogen and oxygen atoms in total. The van der Waals surface area contributed by atoms with E-state index in [0.717, 1.165) is 12.8 Å². The molecular formula is C12H23NO4S2. The lowest BCUT2D eigenvalue weighted by atomic mass is 10.1. The minimum Gasteiger partial charge on any atom is -0.229 e. The smallest absolute Gasteiger partial charge is 0.214 e. The first kappa shape index (κ1) is 15.3. The quantitative estimate of drug-likeness (QED) is 0.777. The van der Waals surface area contributed by atoms with Crippen LogP contribution in [0.1, 0.15) is 39.5 Å². The molecule has 2 atom stereocenters. The summed E-state index contributed by atoms with van der Waals surface area (Å²) in [6, 6.07) is -0.218. The molecule has 0 spiro atoms. The lowest BCUT2D eigenvalue weighted by molar-refractivity contribution is 0.248. The maximum atomic E-state index is 12.4. The summed E-state index contributed by atoms with van der Waals surface area (Å²) in [6.45, 7) is 3.78. The van der Waals surface area contributed by atoms with E-state index < -0.39 is 19.9 Å². The van der Waals surface area contributed by atoms with Gasteiger partial charge in [-0.15, -0.1) is 0 Å². The zero-order chi connectivity index (χ0) is 14.4. The predicted octanol–water partition coefficient (Wildman–Crippen LogP) is 1.01. The van der Waals surface area contributed by atoms with Crippen molar-refractivity contribution in [2.24, 2.45) is 5.92 Å². The molecule has 0 aromatic heterocycles. The summed E-state index contributed by atoms with van der Waals surface area (Å²) < 4.78 is 49.7. The number of hydrogen-bond donors (Lipinski definition) is 0. The number of hydrogen-bond acceptors (Lipinski definition) is 4. The molecule has 112 valence electrons. The summed E-state index contributed by atoms with van der Waals surface area (Å²) >= 11 is 0. The van der Waals surface area contributed by atoms with Gasteiger partial charge >= 0.3 is 0 Å². The van der Waals surface area contributed by atoms with E-state index in [1.54, 1.807) is 4.31 Å². The first-order valence-corrected chi connectivity index (χ1v) is 10.4. The van der Waals surface area contributed by atoms with Gasteiger partial charge in [0.05, 0.1) is 11.0 Å². The van der Waals surface area contributed by atoms with Gasteiger partial charge in [-0.3, -0.25) is 0 Å². The molecule has 2 rings (SSSR count). The molecule has 0 aromatic rings. The summed E-state index contributed by atoms with van der Waals surface area (Å²) in [5, 5.41) is -0.365. The zero-order valence-corrected chi connectivity index (χ0v) is 13.4. The SMILES string of the molecule is CC(C)CS(=O)(=O)N1C2CCC1CC(S(C)(=O)=O)C2. The first-order valence-electron chi connectivity index (χ1n) is 6.81. The van der Waals surface area contributed by atoms with Crippen molar-refractivity contribution in [3.63, 3.8) is 0 Å². The lowest BCUT2D eigenvalue weighted by Gasteiger charge is -2.37. The van der Waals surface area contributed by atoms with E-state index >= 15 is 0 Å². The molecule has 2 fully saturated rings. The molecule has 0 N–H and O–H groups in total. The van der Waals surface area contributed by atoms with Crippen LogP contribution < -0.4 is 0 Å². The highest BCUT2D eigenvalue weighted by atomic mass is 32.2. The highest BCUT2D eigenvalue weighted by Gasteiger charge is 2.48. The second-order valence-electron chi connectivity index (χ2n) is 6.31. The van der Waals surface area contributed by atoms with Gasteiger partial charge in [0.2, 0.25) is 10.0 Å². The van der Waals surface area contributed by atoms with Crippen molar-refractivity contribution < 1.29 is 16.8 Å². The highest BCUT2D eigenvalue weighted by molar-refractivity contribution is 7.91. The summed E-state index contributed by atoms with van der Waals surface area (Å²) in [5.74, 6) is 0.251. The fraction of sp³-hybridized carbons (Fsp3) is 1.00. The number of rotatable bonds is 4. The fourth-order valence-corrected chi connectivity index (χ4v) is 6.84. The van der Waals surface area contributed by atoms with Gasteiger partial charge in [-0.05, 0) is 31.6 Å². The van der Waals surface area contributed by atoms with E-state index in [-0.39, 0.29) is 29.0 Å². The Hall–Kier alpha value is -0.140. The monoisotopic (exact) mass is 309 g/mol. The van der Waals surface area contributed by atoms with Gasteiger partial charge in [-0.25, -0.2) is 16.8 Å². The maximum absolute atomic E-state index is 12.4. The van der Waals surface area contributed by atoms with Crippen LogP contribution in [0.25, 0.3) is 0 Å². The molecule has 0 radical (unpaired) electrons. The van der Waals surface area contributed by atoms with Gasteiger partial charge in [0.1, 0.15) is 9.84 Å². The largest absolute Gasteiger partial charge is 0.229 e. The average molecular weight is 309 g/mol. The second-order valence-corrected chi connectivity index (χ2v) is 10.6. The standard InChI is InChI=1S/C12H23NO4S2/c1-9(2)8-19(16,17)13-10-4-5-11(13)7-12(6-10)18(3,14)15/h9-12H,4-8H2,1-3H3. The predicted molar refractivity (Wildman–Crippen MR) is 75.1 cm³/mol. The normalized spacial score (nSPS) is 32.9. The molecule has 0 aliphatic carbocycles. The summed E-state index contributed by atoms with van der Waals surface area (Å²) in [7, 11) is -6.31. The van der Waals surface area contributed by atoms with E-state index in [1.165, 1.54) is 6.26 Å². The first-order chi connectivity index (χ1) is 8.61. The number of nitrogens with zero attached hydrogens (tertiary/aromatic N) is 1. The van der Waals surface area contributed by atoms with Crippen molar-refractivity contribution in [2.75, 3.05) is 12.0 Å². The summed E-state index contributed by atoms with van der Waals surface area (Å²) in [4.78, 5) is 0. The number of sulfonamides is 1. The molecule has 19 heavy (non-hydrogen) atoms. The zero-order valence-electron chi connectivity index (χ0n) is 11.7. The van der Waals surface area contributed by atoms with E-state index in [2.05, 4.69) is 0 Å². The van der Waals surface area contributed by atoms with Crippen molar-refractivity contribution in [2.45, 2.75) is 56.9 Å². The third kappa shape index (κ3) is 3.13. The van der Waals surface area contributed by atoms with Crippen LogP contribution >= 0.6 is 0 Å². The molecule has 2 aliphatic rings. The van der Waals surface area contributed by atoms with E-state index in [9.17, 15) is 16.8 Å². The summed E-state index contributed by atoms with van der Waals surface area (Å²) in [6.07, 6.45) is 3.79. The lowest BCUT2D eigenvalue weighted by Crippen LogP contribution is -2.50. The number of fused-ring (bicyclic) bond motifs is 2. The van der Waals surface area contributed by atoms with Gasteiger partial charge in [0.25, 0.3) is 0 Å². The van der Waals surface area contributed by atoms with Crippen LogP contribution in [-0.4, -0.2) is 50.5 Å². The van der Waals surface area contributed by atoms with Crippen molar-refractivity contribution >= 4 is 19.9 Å². The molecule has 2 saturated heterocycles. The molecular weight excluding hydrogens is 286 g/mol. The third-order valence-electron chi connectivity index (χ3n) is 4.09. The topological polar surface area (TPSA) is 71.5 Å². The molecule has 2 heterocycles. The Morgan fingerprint density at radius 1 is 1.05 bits per heavy atom. The van der Waals surface area contributed by atoms with Crippen molar-refractivity contribution in [3.05, 3.63) is 0 Å². The Morgan fingerprint density at radius 3 is 1.89 bits per heavy atom. The van der Waals surface area contributed by atoms with Crippen LogP contribution in [0, 0.1) is 5.92 Å². The van der Waals surface area contributed by atoms with Gasteiger partial charge < -0.3 is 0 Å². The van der Waals surface area contributed by atoms with Crippen molar-refractivity contribution in [1.82, 2.24) is 4.31 Å². The van der Waals surface area contributed by atoms with Crippen LogP contribution in [0.5, 0.6) is 0 Å². The minimum absolute atomic E-state index is 0.0945. The molecule has 0 aromatic carbocycles. The van der Waals surface area contributed by atoms with Crippen molar-refractivity contribution in [3.8, 4) is 0 Å². The number of piperidine rings is 1. The Morgan fingerprint density at radius 2 is 1.53 bits per heavy atom. The number of sulfone groups is 1. The van der Waals surface area contributed by atoms with Crippen LogP contribution in [0.15, 0.2) is 0 Å². The Labute approximate surface area is 116 Å². The molecule has 2 unspecified atom stereocenters. The third-order valence-corrected chi connectivity index (χ3v) is 8.02. The van der Waals surface area contributed by atoms with Gasteiger partial charge in [0.15, 0.2) is 0 Å². The fourth-order valence-electron chi connectivity index (χ4n) is 3.40. The molecule has 2 aliphatic heterocycles. The Kier molecular flexibility index (Phi) is 4.02. The molecule has 0 amide bonds. The Balaban J connectivity index is 2.20. The average Bonchev–Trinajstić information content (AvgIpc) is 2.48. The van der Waals surface area contributed by atoms with Crippen molar-refractivity contribution in [1.29, 1.82) is 0 Å². The Bertz CT molecular complexity index is 524. The van der Waals surface area contributed by atoms with Gasteiger partial charge in [0, 0.05) is 18.3 Å². The van der Waals surface area contributed by atoms with Gasteiger partial charge in [-0.2, -0.15) is 4.31 Å². The van der Waals surface area contributed by atoms with E-state index in [1.807, 2.05) is 13.8 Å². The van der Waals surface area contributed by atoms with Crippen LogP contribution in [-0.2, 0) is 19.9 Å². The van der Waals surface area contributed by atoms with E-state index in [4.69, 9.17) is 0 Å². The minimum atomic E-state index is -3.25. The summed E-state index contributed by atoms with van der Waals surface area (Å²) in [5.41, 5.74) is 0. The molecule has 0 saturated carbocycles. The maximum Gasteiger partial charge on any atom is 0.214 e. The van der Waals surface area contributed by atoms with E-state index in [0.29, 0.717) is 12.8 Å². The molecule has 7 heteroatoms.